The number of benzene rings is 22. The molecule has 6 heterocycles. The summed E-state index contributed by atoms with van der Waals surface area (Å²) in [5.41, 5.74) is 31.7. The van der Waals surface area contributed by atoms with E-state index in [9.17, 15) is 0 Å². The van der Waals surface area contributed by atoms with Crippen LogP contribution >= 0.6 is 0 Å². The first kappa shape index (κ1) is 86.1. The van der Waals surface area contributed by atoms with Gasteiger partial charge in [0.2, 0.25) is 0 Å². The van der Waals surface area contributed by atoms with Crippen molar-refractivity contribution in [3.63, 3.8) is 0 Å². The maximum absolute atomic E-state index is 5.33. The van der Waals surface area contributed by atoms with Crippen LogP contribution in [0.2, 0.25) is 0 Å². The number of para-hydroxylation sites is 6. The second-order valence-electron chi connectivity index (χ2n) is 36.9. The average Bonchev–Trinajstić information content (AvgIpc) is 1.72. The lowest BCUT2D eigenvalue weighted by molar-refractivity contribution is 0.908. The van der Waals surface area contributed by atoms with Gasteiger partial charge < -0.3 is 9.13 Å². The van der Waals surface area contributed by atoms with Crippen molar-refractivity contribution >= 4 is 119 Å². The molecule has 0 atom stereocenters. The standard InChI is InChI=1S/C52H34N4.C43H27N3.C41H30N2/c1-3-15-35(16-4-1)36-27-29-37(30-28-36)46-34-47(54-52(53-46)38-17-5-2-6-18-38)39-31-40(55-48-23-11-7-19-42(48)43-20-8-12-24-49(43)55)33-41(32-39)56-50-25-13-9-21-44(50)45-22-10-14-26-51(45)56;1-3-13-33-30(10-1)24-39(37-17-7-5-15-35(33)37)41-26-42(40-25-31-11-2-4-14-34(31)36-16-6-8-18-38(36)40)46-43(45-41)29-21-19-28(20-22-29)32-12-9-23-44-27-32;1-2-39-42-37-18-10-11-19-38(37)43(39)32-26-24-31(25-27-32)41-35-16-8-6-14-33(35)40(34-15-7-9-17-36(34)41)30-22-20-29(21-23-30)28-12-4-3-5-13-28/h1-34H;1-27H;3-27H,2H2,1H3. The lowest BCUT2D eigenvalue weighted by Crippen LogP contribution is -2.01. The van der Waals surface area contributed by atoms with Crippen molar-refractivity contribution in [2.75, 3.05) is 0 Å². The first-order valence-corrected chi connectivity index (χ1v) is 49.5. The van der Waals surface area contributed by atoms with E-state index in [0.29, 0.717) is 11.6 Å². The molecule has 28 aromatic rings. The van der Waals surface area contributed by atoms with E-state index in [1.54, 1.807) is 6.20 Å². The Bertz CT molecular complexity index is 9390. The fourth-order valence-electron chi connectivity index (χ4n) is 21.6. The number of fused-ring (bicyclic) bond motifs is 15. The van der Waals surface area contributed by atoms with Gasteiger partial charge in [-0.15, -0.1) is 0 Å². The van der Waals surface area contributed by atoms with E-state index in [0.717, 1.165) is 130 Å². The lowest BCUT2D eigenvalue weighted by atomic mass is 9.85. The number of hydrogen-bond acceptors (Lipinski definition) is 6. The highest BCUT2D eigenvalue weighted by Gasteiger charge is 2.25. The molecule has 0 N–H and O–H groups in total. The quantitative estimate of drug-likeness (QED) is 0.0750. The summed E-state index contributed by atoms with van der Waals surface area (Å²) in [5, 5.41) is 19.6. The summed E-state index contributed by atoms with van der Waals surface area (Å²) < 4.78 is 7.08. The molecule has 0 saturated carbocycles. The minimum Gasteiger partial charge on any atom is -0.309 e. The van der Waals surface area contributed by atoms with E-state index >= 15 is 0 Å². The zero-order chi connectivity index (χ0) is 96.2. The first-order valence-electron chi connectivity index (χ1n) is 49.5. The van der Waals surface area contributed by atoms with Crippen LogP contribution in [0.25, 0.3) is 260 Å². The highest BCUT2D eigenvalue weighted by Crippen LogP contribution is 2.48. The molecule has 145 heavy (non-hydrogen) atoms. The van der Waals surface area contributed by atoms with Crippen LogP contribution in [0.1, 0.15) is 12.7 Å². The Morgan fingerprint density at radius 1 is 0.186 bits per heavy atom. The van der Waals surface area contributed by atoms with Crippen LogP contribution in [0.5, 0.6) is 0 Å². The maximum Gasteiger partial charge on any atom is 0.160 e. The van der Waals surface area contributed by atoms with E-state index in [1.807, 2.05) is 36.5 Å². The molecule has 22 aromatic carbocycles. The smallest absolute Gasteiger partial charge is 0.160 e. The van der Waals surface area contributed by atoms with Gasteiger partial charge in [0.1, 0.15) is 5.82 Å². The monoisotopic (exact) mass is 1850 g/mol. The molecule has 0 spiro atoms. The minimum atomic E-state index is 0.686. The molecule has 28 rings (SSSR count). The van der Waals surface area contributed by atoms with Crippen molar-refractivity contribution in [2.24, 2.45) is 0 Å². The van der Waals surface area contributed by atoms with Crippen LogP contribution in [-0.4, -0.2) is 43.6 Å². The Labute approximate surface area is 838 Å². The number of aromatic nitrogens is 9. The Kier molecular flexibility index (Phi) is 22.1. The Morgan fingerprint density at radius 3 is 0.931 bits per heavy atom. The topological polar surface area (TPSA) is 92.1 Å². The number of rotatable bonds is 15. The van der Waals surface area contributed by atoms with Crippen molar-refractivity contribution in [3.05, 3.63) is 528 Å². The third kappa shape index (κ3) is 15.9. The number of imidazole rings is 1. The summed E-state index contributed by atoms with van der Waals surface area (Å²) in [7, 11) is 0. The zero-order valence-electron chi connectivity index (χ0n) is 79.4. The number of nitrogens with zero attached hydrogens (tertiary/aromatic N) is 9. The fourth-order valence-corrected chi connectivity index (χ4v) is 21.6. The molecule has 0 fully saturated rings. The molecule has 0 aliphatic carbocycles. The zero-order valence-corrected chi connectivity index (χ0v) is 79.4. The molecule has 0 saturated heterocycles. The normalized spacial score (nSPS) is 11.5. The van der Waals surface area contributed by atoms with Crippen LogP contribution in [0, 0.1) is 0 Å². The first-order chi connectivity index (χ1) is 71.9. The molecule has 9 nitrogen and oxygen atoms in total. The third-order valence-electron chi connectivity index (χ3n) is 28.4. The second-order valence-corrected chi connectivity index (χ2v) is 36.9. The summed E-state index contributed by atoms with van der Waals surface area (Å²) in [5.74, 6) is 2.46. The molecule has 6 aromatic heterocycles. The fraction of sp³-hybridized carbons (Fsp3) is 0.0147. The van der Waals surface area contributed by atoms with Gasteiger partial charge in [-0.2, -0.15) is 0 Å². The molecule has 9 heteroatoms. The molecule has 0 unspecified atom stereocenters. The largest absolute Gasteiger partial charge is 0.309 e. The van der Waals surface area contributed by atoms with Gasteiger partial charge in [-0.05, 0) is 217 Å². The summed E-state index contributed by atoms with van der Waals surface area (Å²) >= 11 is 0. The van der Waals surface area contributed by atoms with Gasteiger partial charge >= 0.3 is 0 Å². The molecule has 0 aliphatic rings. The molecule has 0 aliphatic heterocycles. The molecule has 0 bridgehead atoms. The van der Waals surface area contributed by atoms with Gasteiger partial charge in [0.15, 0.2) is 11.6 Å². The summed E-state index contributed by atoms with van der Waals surface area (Å²) in [6.07, 6.45) is 4.56. The highest BCUT2D eigenvalue weighted by molar-refractivity contribution is 6.22. The van der Waals surface area contributed by atoms with Crippen molar-refractivity contribution < 1.29 is 0 Å². The van der Waals surface area contributed by atoms with Gasteiger partial charge in [-0.1, -0.05) is 419 Å². The van der Waals surface area contributed by atoms with Gasteiger partial charge in [0, 0.05) is 90.8 Å². The lowest BCUT2D eigenvalue weighted by Gasteiger charge is -2.18. The van der Waals surface area contributed by atoms with E-state index in [2.05, 4.69) is 505 Å². The number of aryl methyl sites for hydroxylation is 1. The van der Waals surface area contributed by atoms with Gasteiger partial charge in [0.05, 0.1) is 55.9 Å². The van der Waals surface area contributed by atoms with Gasteiger partial charge in [-0.3, -0.25) is 9.55 Å². The molecule has 0 radical (unpaired) electrons. The Morgan fingerprint density at radius 2 is 0.497 bits per heavy atom. The molecular formula is C136H91N9. The average molecular weight is 1850 g/mol. The highest BCUT2D eigenvalue weighted by atomic mass is 15.1. The van der Waals surface area contributed by atoms with Crippen molar-refractivity contribution in [2.45, 2.75) is 13.3 Å². The molecule has 680 valence electrons. The third-order valence-corrected chi connectivity index (χ3v) is 28.4. The van der Waals surface area contributed by atoms with Gasteiger partial charge in [0.25, 0.3) is 0 Å². The van der Waals surface area contributed by atoms with Crippen molar-refractivity contribution in [1.82, 2.24) is 43.6 Å². The Hall–Kier alpha value is -19.2. The summed E-state index contributed by atoms with van der Waals surface area (Å²) in [6.45, 7) is 2.17. The van der Waals surface area contributed by atoms with Crippen LogP contribution in [-0.2, 0) is 6.42 Å². The van der Waals surface area contributed by atoms with E-state index in [1.165, 1.54) is 131 Å². The van der Waals surface area contributed by atoms with Crippen LogP contribution in [0.15, 0.2) is 522 Å². The predicted octanol–water partition coefficient (Wildman–Crippen LogP) is 35.4. The maximum atomic E-state index is 5.33. The molecule has 0 amide bonds. The summed E-state index contributed by atoms with van der Waals surface area (Å²) in [4.78, 5) is 30.3. The van der Waals surface area contributed by atoms with Crippen molar-refractivity contribution in [3.8, 4) is 141 Å². The van der Waals surface area contributed by atoms with E-state index in [4.69, 9.17) is 24.9 Å². The molecular weight excluding hydrogens is 1760 g/mol. The SMILES string of the molecule is CCc1nc2ccccc2n1-c1ccc(-c2c3ccccc3c(-c3ccc(-c4ccccc4)cc3)c3ccccc23)cc1.c1ccc(-c2ccc(-c3cc(-c4cc(-n5c6ccccc6c6ccccc65)cc(-n5c6ccccc6c6ccccc65)c4)nc(-c4ccccc4)n3)cc2)cc1.c1cncc(-c2ccc(-c3nc(-c4cc5ccccc5c5ccccc45)cc(-c4cc5ccccc5c5ccccc45)n3)cc2)c1. The Balaban J connectivity index is 0.000000112. The van der Waals surface area contributed by atoms with Crippen LogP contribution in [0.4, 0.5) is 0 Å². The second kappa shape index (κ2) is 37.2. The minimum absolute atomic E-state index is 0.686. The number of hydrogen-bond donors (Lipinski definition) is 0. The number of pyridine rings is 1. The van der Waals surface area contributed by atoms with E-state index < -0.39 is 0 Å². The van der Waals surface area contributed by atoms with Crippen molar-refractivity contribution in [1.29, 1.82) is 0 Å². The van der Waals surface area contributed by atoms with E-state index in [-0.39, 0.29) is 0 Å². The van der Waals surface area contributed by atoms with Crippen LogP contribution < -0.4 is 0 Å². The van der Waals surface area contributed by atoms with Gasteiger partial charge in [-0.25, -0.2) is 24.9 Å². The summed E-state index contributed by atoms with van der Waals surface area (Å²) in [6, 6.07) is 182. The predicted molar refractivity (Wildman–Crippen MR) is 606 cm³/mol. The van der Waals surface area contributed by atoms with Crippen LogP contribution in [0.3, 0.4) is 0 Å².